The number of nitrogens with zero attached hydrogens (tertiary/aromatic N) is 2. The van der Waals surface area contributed by atoms with Crippen molar-refractivity contribution in [1.82, 2.24) is 4.90 Å². The van der Waals surface area contributed by atoms with Crippen molar-refractivity contribution >= 4 is 23.6 Å². The summed E-state index contributed by atoms with van der Waals surface area (Å²) in [5.41, 5.74) is 5.82. The summed E-state index contributed by atoms with van der Waals surface area (Å²) in [5, 5.41) is 14.8. The molecule has 2 N–H and O–H groups in total. The van der Waals surface area contributed by atoms with Gasteiger partial charge in [-0.25, -0.2) is 14.4 Å². The molecule has 2 aromatic carbocycles. The van der Waals surface area contributed by atoms with Gasteiger partial charge in [0.05, 0.1) is 13.2 Å². The molecular weight excluding hydrogens is 476 g/mol. The molecule has 9 nitrogen and oxygen atoms in total. The van der Waals surface area contributed by atoms with E-state index in [2.05, 4.69) is 63.1 Å². The lowest BCUT2D eigenvalue weighted by Crippen LogP contribution is -2.48. The minimum atomic E-state index is -1.82. The zero-order valence-corrected chi connectivity index (χ0v) is 21.3. The van der Waals surface area contributed by atoms with Gasteiger partial charge in [0.1, 0.15) is 6.61 Å². The van der Waals surface area contributed by atoms with Gasteiger partial charge in [0.2, 0.25) is 0 Å². The van der Waals surface area contributed by atoms with Gasteiger partial charge in [0.15, 0.2) is 0 Å². The number of hydrogen-bond acceptors (Lipinski definition) is 7. The molecule has 1 unspecified atom stereocenters. The highest BCUT2D eigenvalue weighted by Gasteiger charge is 2.32. The van der Waals surface area contributed by atoms with Crippen LogP contribution in [0.1, 0.15) is 48.4 Å². The maximum atomic E-state index is 11.0. The molecule has 37 heavy (non-hydrogen) atoms. The van der Waals surface area contributed by atoms with Gasteiger partial charge in [-0.3, -0.25) is 4.90 Å². The smallest absolute Gasteiger partial charge is 0.414 e. The molecular formula is C28H36N2O7. The van der Waals surface area contributed by atoms with Gasteiger partial charge in [-0.05, 0) is 48.6 Å². The molecule has 2 heterocycles. The molecule has 0 spiro atoms. The molecule has 1 fully saturated rings. The zero-order chi connectivity index (χ0) is 26.6. The van der Waals surface area contributed by atoms with E-state index in [4.69, 9.17) is 24.5 Å². The van der Waals surface area contributed by atoms with Crippen LogP contribution in [0.4, 0.5) is 5.69 Å². The van der Waals surface area contributed by atoms with Crippen LogP contribution in [0.25, 0.3) is 0 Å². The second kappa shape index (κ2) is 14.3. The number of piperazine rings is 1. The van der Waals surface area contributed by atoms with Crippen molar-refractivity contribution in [2.45, 2.75) is 38.1 Å². The van der Waals surface area contributed by atoms with Gasteiger partial charge in [-0.1, -0.05) is 55.3 Å². The van der Waals surface area contributed by atoms with Crippen LogP contribution in [-0.4, -0.2) is 79.5 Å². The molecule has 0 amide bonds. The molecule has 1 atom stereocenters. The van der Waals surface area contributed by atoms with E-state index in [1.54, 1.807) is 0 Å². The first-order valence-corrected chi connectivity index (χ1v) is 12.7. The van der Waals surface area contributed by atoms with Crippen molar-refractivity contribution in [3.8, 4) is 0 Å². The zero-order valence-electron chi connectivity index (χ0n) is 21.3. The summed E-state index contributed by atoms with van der Waals surface area (Å²) in [6.45, 7) is 5.14. The number of rotatable bonds is 9. The number of benzene rings is 2. The molecule has 200 valence electrons. The van der Waals surface area contributed by atoms with Crippen molar-refractivity contribution < 1.29 is 34.1 Å². The largest absolute Gasteiger partial charge is 0.473 e. The van der Waals surface area contributed by atoms with Crippen molar-refractivity contribution in [3.63, 3.8) is 0 Å². The highest BCUT2D eigenvalue weighted by atomic mass is 16.6. The fraction of sp³-hybridized carbons (Fsp3) is 0.464. The van der Waals surface area contributed by atoms with Gasteiger partial charge < -0.3 is 24.6 Å². The average molecular weight is 513 g/mol. The highest BCUT2D eigenvalue weighted by Crippen LogP contribution is 2.39. The van der Waals surface area contributed by atoms with E-state index >= 15 is 0 Å². The molecule has 0 saturated carbocycles. The van der Waals surface area contributed by atoms with Crippen molar-refractivity contribution in [2.75, 3.05) is 51.4 Å². The van der Waals surface area contributed by atoms with Crippen molar-refractivity contribution in [1.29, 1.82) is 0 Å². The summed E-state index contributed by atoms with van der Waals surface area (Å²) >= 11 is 0. The fourth-order valence-corrected chi connectivity index (χ4v) is 4.87. The van der Waals surface area contributed by atoms with E-state index < -0.39 is 11.9 Å². The van der Waals surface area contributed by atoms with Gasteiger partial charge in [0.25, 0.3) is 0 Å². The van der Waals surface area contributed by atoms with Gasteiger partial charge >= 0.3 is 17.9 Å². The predicted molar refractivity (Wildman–Crippen MR) is 139 cm³/mol. The molecule has 4 rings (SSSR count). The van der Waals surface area contributed by atoms with E-state index in [1.807, 2.05) is 0 Å². The van der Waals surface area contributed by atoms with Crippen LogP contribution < -0.4 is 4.90 Å². The Labute approximate surface area is 217 Å². The highest BCUT2D eigenvalue weighted by molar-refractivity contribution is 6.27. The Morgan fingerprint density at radius 2 is 1.57 bits per heavy atom. The Bertz CT molecular complexity index is 1050. The van der Waals surface area contributed by atoms with E-state index in [0.717, 1.165) is 45.4 Å². The van der Waals surface area contributed by atoms with Crippen LogP contribution in [0, 0.1) is 0 Å². The first kappa shape index (κ1) is 28.1. The minimum Gasteiger partial charge on any atom is -0.473 e. The molecule has 2 aliphatic heterocycles. The quantitative estimate of drug-likeness (QED) is 0.296. The molecule has 1 saturated heterocycles. The van der Waals surface area contributed by atoms with E-state index in [9.17, 15) is 4.79 Å². The summed E-state index contributed by atoms with van der Waals surface area (Å²) in [6.07, 6.45) is 5.57. The number of fused-ring (bicyclic) bond motifs is 5. The van der Waals surface area contributed by atoms with Gasteiger partial charge in [0, 0.05) is 31.9 Å². The predicted octanol–water partition coefficient (Wildman–Crippen LogP) is 3.36. The van der Waals surface area contributed by atoms with Gasteiger partial charge in [-0.2, -0.15) is 0 Å². The lowest BCUT2D eigenvalue weighted by molar-refractivity contribution is -0.159. The molecule has 0 aromatic heterocycles. The lowest BCUT2D eigenvalue weighted by atomic mass is 9.96. The number of esters is 1. The Morgan fingerprint density at radius 3 is 2.30 bits per heavy atom. The van der Waals surface area contributed by atoms with Crippen LogP contribution in [0.3, 0.4) is 0 Å². The Morgan fingerprint density at radius 1 is 0.892 bits per heavy atom. The third-order valence-electron chi connectivity index (χ3n) is 6.70. The number of ether oxygens (including phenoxy) is 2. The van der Waals surface area contributed by atoms with Crippen LogP contribution in [0.5, 0.6) is 0 Å². The van der Waals surface area contributed by atoms with Crippen LogP contribution in [0.15, 0.2) is 48.5 Å². The summed E-state index contributed by atoms with van der Waals surface area (Å²) in [5.74, 6) is -3.95. The number of carbonyl (C=O) groups is 3. The standard InChI is InChI=1S/C26H34N2O3.C2H2O4/c1-30-26(29)20-31-17-9-3-2-8-14-27-15-16-28-24-13-7-5-11-22(24)18-21-10-4-6-12-23(21)25(28)19-27;3-1(4)2(5)6/h4-7,10-13,25H,2-3,8-9,14-20H2,1H3;(H,3,4)(H,5,6). The number of hydrogen-bond donors (Lipinski definition) is 2. The normalized spacial score (nSPS) is 16.2. The van der Waals surface area contributed by atoms with Crippen molar-refractivity contribution in [3.05, 3.63) is 65.2 Å². The van der Waals surface area contributed by atoms with E-state index in [1.165, 1.54) is 42.3 Å². The fourth-order valence-electron chi connectivity index (χ4n) is 4.87. The minimum absolute atomic E-state index is 0.0623. The third-order valence-corrected chi connectivity index (χ3v) is 6.70. The summed E-state index contributed by atoms with van der Waals surface area (Å²) in [7, 11) is 1.39. The molecule has 2 aliphatic rings. The molecule has 0 aliphatic carbocycles. The van der Waals surface area contributed by atoms with Crippen LogP contribution in [-0.2, 0) is 30.3 Å². The Balaban J connectivity index is 0.000000568. The number of unbranched alkanes of at least 4 members (excludes halogenated alkanes) is 3. The monoisotopic (exact) mass is 512 g/mol. The van der Waals surface area contributed by atoms with E-state index in [0.29, 0.717) is 12.6 Å². The number of carboxylic acids is 2. The molecule has 9 heteroatoms. The first-order valence-electron chi connectivity index (χ1n) is 12.7. The number of anilines is 1. The maximum absolute atomic E-state index is 11.0. The Hall–Kier alpha value is -3.43. The molecule has 0 radical (unpaired) electrons. The summed E-state index contributed by atoms with van der Waals surface area (Å²) in [4.78, 5) is 34.5. The number of aliphatic carboxylic acids is 2. The number of carboxylic acid groups (broad SMARTS) is 2. The van der Waals surface area contributed by atoms with Crippen LogP contribution >= 0.6 is 0 Å². The molecule has 2 aromatic rings. The number of para-hydroxylation sites is 1. The summed E-state index contributed by atoms with van der Waals surface area (Å²) < 4.78 is 9.90. The van der Waals surface area contributed by atoms with Crippen molar-refractivity contribution in [2.24, 2.45) is 0 Å². The van der Waals surface area contributed by atoms with E-state index in [-0.39, 0.29) is 12.6 Å². The topological polar surface area (TPSA) is 117 Å². The third kappa shape index (κ3) is 8.30. The molecule has 0 bridgehead atoms. The average Bonchev–Trinajstić information content (AvgIpc) is 3.04. The number of methoxy groups -OCH3 is 1. The Kier molecular flexibility index (Phi) is 10.9. The lowest BCUT2D eigenvalue weighted by Gasteiger charge is -2.43. The SMILES string of the molecule is COC(=O)COCCCCCCN1CCN2c3ccccc3Cc3ccccc3C2C1.O=C(O)C(=O)O. The second-order valence-corrected chi connectivity index (χ2v) is 9.17. The first-order chi connectivity index (χ1) is 17.9. The number of carbonyl (C=O) groups excluding carboxylic acids is 1. The second-order valence-electron chi connectivity index (χ2n) is 9.17. The summed E-state index contributed by atoms with van der Waals surface area (Å²) in [6, 6.07) is 18.3. The van der Waals surface area contributed by atoms with Gasteiger partial charge in [-0.15, -0.1) is 0 Å². The maximum Gasteiger partial charge on any atom is 0.414 e. The van der Waals surface area contributed by atoms with Crippen LogP contribution in [0.2, 0.25) is 0 Å².